The van der Waals surface area contributed by atoms with E-state index in [-0.39, 0.29) is 16.9 Å². The number of pyridine rings is 1. The Kier molecular flexibility index (Phi) is 4.18. The quantitative estimate of drug-likeness (QED) is 0.878. The van der Waals surface area contributed by atoms with Crippen molar-refractivity contribution >= 4 is 23.2 Å². The summed E-state index contributed by atoms with van der Waals surface area (Å²) in [4.78, 5) is 15.1. The standard InChI is InChI=1S/C14H10ClN3O2/c1-9(19)17-11-4-2-3-5-12(11)20-14-7-10(8-16)6-13(15)18-14/h2-7H,1H3,(H,17,19). The molecule has 1 aromatic heterocycles. The van der Waals surface area contributed by atoms with Crippen molar-refractivity contribution in [3.63, 3.8) is 0 Å². The highest BCUT2D eigenvalue weighted by Crippen LogP contribution is 2.29. The molecule has 0 atom stereocenters. The molecule has 0 aliphatic heterocycles. The van der Waals surface area contributed by atoms with Crippen LogP contribution in [0.2, 0.25) is 5.15 Å². The lowest BCUT2D eigenvalue weighted by atomic mass is 10.3. The summed E-state index contributed by atoms with van der Waals surface area (Å²) >= 11 is 5.81. The number of amides is 1. The number of anilines is 1. The van der Waals surface area contributed by atoms with Gasteiger partial charge >= 0.3 is 0 Å². The molecule has 0 saturated carbocycles. The second kappa shape index (κ2) is 6.04. The molecule has 20 heavy (non-hydrogen) atoms. The Balaban J connectivity index is 2.33. The van der Waals surface area contributed by atoms with Crippen molar-refractivity contribution in [3.05, 3.63) is 47.1 Å². The Labute approximate surface area is 120 Å². The molecule has 6 heteroatoms. The molecule has 1 heterocycles. The van der Waals surface area contributed by atoms with Crippen molar-refractivity contribution in [2.75, 3.05) is 5.32 Å². The molecule has 100 valence electrons. The third-order valence-corrected chi connectivity index (χ3v) is 2.51. The van der Waals surface area contributed by atoms with Crippen molar-refractivity contribution in [1.82, 2.24) is 4.98 Å². The summed E-state index contributed by atoms with van der Waals surface area (Å²) in [6, 6.07) is 11.8. The van der Waals surface area contributed by atoms with Gasteiger partial charge in [0.2, 0.25) is 11.8 Å². The van der Waals surface area contributed by atoms with Gasteiger partial charge in [0.15, 0.2) is 5.75 Å². The normalized spacial score (nSPS) is 9.65. The number of hydrogen-bond donors (Lipinski definition) is 1. The third kappa shape index (κ3) is 3.46. The number of nitrogens with one attached hydrogen (secondary N) is 1. The van der Waals surface area contributed by atoms with E-state index in [0.717, 1.165) is 0 Å². The summed E-state index contributed by atoms with van der Waals surface area (Å²) in [6.45, 7) is 1.40. The Bertz CT molecular complexity index is 695. The minimum absolute atomic E-state index is 0.163. The number of carbonyl (C=O) groups is 1. The SMILES string of the molecule is CC(=O)Nc1ccccc1Oc1cc(C#N)cc(Cl)n1. The molecule has 0 spiro atoms. The largest absolute Gasteiger partial charge is 0.437 e. The van der Waals surface area contributed by atoms with Crippen LogP contribution in [0.5, 0.6) is 11.6 Å². The first-order valence-electron chi connectivity index (χ1n) is 5.70. The lowest BCUT2D eigenvalue weighted by Gasteiger charge is -2.10. The number of para-hydroxylation sites is 2. The minimum atomic E-state index is -0.210. The fraction of sp³-hybridized carbons (Fsp3) is 0.0714. The van der Waals surface area contributed by atoms with Gasteiger partial charge in [0.25, 0.3) is 0 Å². The zero-order chi connectivity index (χ0) is 14.5. The first-order valence-corrected chi connectivity index (χ1v) is 6.08. The van der Waals surface area contributed by atoms with Gasteiger partial charge in [-0.1, -0.05) is 23.7 Å². The van der Waals surface area contributed by atoms with Crippen molar-refractivity contribution in [2.45, 2.75) is 6.92 Å². The smallest absolute Gasteiger partial charge is 0.222 e. The van der Waals surface area contributed by atoms with Crippen LogP contribution >= 0.6 is 11.6 Å². The van der Waals surface area contributed by atoms with Crippen LogP contribution in [-0.4, -0.2) is 10.9 Å². The van der Waals surface area contributed by atoms with Gasteiger partial charge in [-0.3, -0.25) is 4.79 Å². The van der Waals surface area contributed by atoms with Crippen LogP contribution in [0.4, 0.5) is 5.69 Å². The summed E-state index contributed by atoms with van der Waals surface area (Å²) in [5, 5.41) is 11.7. The fourth-order valence-electron chi connectivity index (χ4n) is 1.55. The lowest BCUT2D eigenvalue weighted by Crippen LogP contribution is -2.06. The molecule has 0 aliphatic rings. The Morgan fingerprint density at radius 2 is 2.15 bits per heavy atom. The van der Waals surface area contributed by atoms with E-state index in [1.807, 2.05) is 6.07 Å². The predicted molar refractivity (Wildman–Crippen MR) is 74.8 cm³/mol. The second-order valence-corrected chi connectivity index (χ2v) is 4.30. The molecule has 0 bridgehead atoms. The minimum Gasteiger partial charge on any atom is -0.437 e. The van der Waals surface area contributed by atoms with Gasteiger partial charge in [0.1, 0.15) is 5.15 Å². The highest BCUT2D eigenvalue weighted by atomic mass is 35.5. The predicted octanol–water partition coefficient (Wildman–Crippen LogP) is 3.36. The zero-order valence-corrected chi connectivity index (χ0v) is 11.3. The number of rotatable bonds is 3. The van der Waals surface area contributed by atoms with Gasteiger partial charge < -0.3 is 10.1 Å². The fourth-order valence-corrected chi connectivity index (χ4v) is 1.75. The average Bonchev–Trinajstić information content (AvgIpc) is 2.39. The maximum Gasteiger partial charge on any atom is 0.222 e. The lowest BCUT2D eigenvalue weighted by molar-refractivity contribution is -0.114. The highest BCUT2D eigenvalue weighted by molar-refractivity contribution is 6.29. The Morgan fingerprint density at radius 3 is 2.85 bits per heavy atom. The third-order valence-electron chi connectivity index (χ3n) is 2.31. The summed E-state index contributed by atoms with van der Waals surface area (Å²) < 4.78 is 5.57. The summed E-state index contributed by atoms with van der Waals surface area (Å²) in [7, 11) is 0. The van der Waals surface area contributed by atoms with Crippen molar-refractivity contribution in [3.8, 4) is 17.7 Å². The van der Waals surface area contributed by atoms with Crippen LogP contribution < -0.4 is 10.1 Å². The number of ether oxygens (including phenoxy) is 1. The maximum atomic E-state index is 11.1. The van der Waals surface area contributed by atoms with E-state index < -0.39 is 0 Å². The molecule has 0 aliphatic carbocycles. The molecule has 2 rings (SSSR count). The van der Waals surface area contributed by atoms with Gasteiger partial charge in [-0.2, -0.15) is 5.26 Å². The molecule has 0 saturated heterocycles. The summed E-state index contributed by atoms with van der Waals surface area (Å²) in [6.07, 6.45) is 0. The van der Waals surface area contributed by atoms with Gasteiger partial charge in [0.05, 0.1) is 17.3 Å². The summed E-state index contributed by atoms with van der Waals surface area (Å²) in [5.74, 6) is 0.394. The zero-order valence-electron chi connectivity index (χ0n) is 10.6. The number of aromatic nitrogens is 1. The van der Waals surface area contributed by atoms with Crippen molar-refractivity contribution in [1.29, 1.82) is 5.26 Å². The topological polar surface area (TPSA) is 75.0 Å². The molecule has 5 nitrogen and oxygen atoms in total. The molecule has 1 amide bonds. The van der Waals surface area contributed by atoms with E-state index in [0.29, 0.717) is 17.0 Å². The molecule has 2 aromatic rings. The van der Waals surface area contributed by atoms with E-state index in [2.05, 4.69) is 10.3 Å². The van der Waals surface area contributed by atoms with Crippen LogP contribution in [0.3, 0.4) is 0 Å². The van der Waals surface area contributed by atoms with E-state index in [1.165, 1.54) is 19.1 Å². The molecule has 0 radical (unpaired) electrons. The van der Waals surface area contributed by atoms with Crippen LogP contribution in [0.15, 0.2) is 36.4 Å². The number of halogens is 1. The molecule has 0 fully saturated rings. The monoisotopic (exact) mass is 287 g/mol. The number of hydrogen-bond acceptors (Lipinski definition) is 4. The van der Waals surface area contributed by atoms with E-state index >= 15 is 0 Å². The van der Waals surface area contributed by atoms with Crippen molar-refractivity contribution < 1.29 is 9.53 Å². The molecular weight excluding hydrogens is 278 g/mol. The number of benzene rings is 1. The number of nitrogens with zero attached hydrogens (tertiary/aromatic N) is 2. The number of carbonyl (C=O) groups excluding carboxylic acids is 1. The molecule has 1 N–H and O–H groups in total. The van der Waals surface area contributed by atoms with E-state index in [4.69, 9.17) is 21.6 Å². The molecule has 0 unspecified atom stereocenters. The summed E-state index contributed by atoms with van der Waals surface area (Å²) in [5.41, 5.74) is 0.859. The Hall–Kier alpha value is -2.58. The molecular formula is C14H10ClN3O2. The van der Waals surface area contributed by atoms with Crippen molar-refractivity contribution in [2.24, 2.45) is 0 Å². The second-order valence-electron chi connectivity index (χ2n) is 3.91. The van der Waals surface area contributed by atoms with Gasteiger partial charge in [0, 0.05) is 13.0 Å². The van der Waals surface area contributed by atoms with Crippen LogP contribution in [-0.2, 0) is 4.79 Å². The molecule has 1 aromatic carbocycles. The average molecular weight is 288 g/mol. The Morgan fingerprint density at radius 1 is 1.40 bits per heavy atom. The van der Waals surface area contributed by atoms with Gasteiger partial charge in [-0.15, -0.1) is 0 Å². The number of nitriles is 1. The van der Waals surface area contributed by atoms with Crippen LogP contribution in [0.1, 0.15) is 12.5 Å². The maximum absolute atomic E-state index is 11.1. The van der Waals surface area contributed by atoms with E-state index in [1.54, 1.807) is 24.3 Å². The van der Waals surface area contributed by atoms with Gasteiger partial charge in [-0.05, 0) is 18.2 Å². The first kappa shape index (κ1) is 13.8. The highest BCUT2D eigenvalue weighted by Gasteiger charge is 2.08. The first-order chi connectivity index (χ1) is 9.58. The van der Waals surface area contributed by atoms with Crippen LogP contribution in [0.25, 0.3) is 0 Å². The van der Waals surface area contributed by atoms with Gasteiger partial charge in [-0.25, -0.2) is 4.98 Å². The van der Waals surface area contributed by atoms with Crippen LogP contribution in [0, 0.1) is 11.3 Å². The van der Waals surface area contributed by atoms with E-state index in [9.17, 15) is 4.79 Å².